The summed E-state index contributed by atoms with van der Waals surface area (Å²) in [4.78, 5) is 10.7. The molecule has 2 heterocycles. The average Bonchev–Trinajstić information content (AvgIpc) is 2.90. The van der Waals surface area contributed by atoms with Crippen molar-refractivity contribution in [2.75, 3.05) is 14.1 Å². The van der Waals surface area contributed by atoms with Crippen LogP contribution in [0.25, 0.3) is 22.3 Å². The van der Waals surface area contributed by atoms with Crippen LogP contribution in [-0.2, 0) is 13.1 Å². The first-order valence-electron chi connectivity index (χ1n) is 8.99. The summed E-state index contributed by atoms with van der Waals surface area (Å²) >= 11 is 6.54. The molecule has 0 atom stereocenters. The number of imidazole rings is 1. The van der Waals surface area contributed by atoms with Crippen molar-refractivity contribution in [3.05, 3.63) is 41.0 Å². The Morgan fingerprint density at radius 1 is 1.23 bits per heavy atom. The zero-order valence-corrected chi connectivity index (χ0v) is 16.3. The van der Waals surface area contributed by atoms with Crippen LogP contribution in [0.2, 0.25) is 5.02 Å². The van der Waals surface area contributed by atoms with Crippen molar-refractivity contribution in [2.45, 2.75) is 39.3 Å². The van der Waals surface area contributed by atoms with Crippen LogP contribution in [0, 0.1) is 0 Å². The highest BCUT2D eigenvalue weighted by atomic mass is 35.5. The molecule has 0 amide bonds. The minimum Gasteiger partial charge on any atom is -0.480 e. The molecule has 0 saturated carbocycles. The predicted octanol–water partition coefficient (Wildman–Crippen LogP) is 4.71. The van der Waals surface area contributed by atoms with Crippen molar-refractivity contribution in [2.24, 2.45) is 0 Å². The molecule has 0 aliphatic carbocycles. The number of benzene rings is 1. The van der Waals surface area contributed by atoms with Crippen LogP contribution in [-0.4, -0.2) is 38.6 Å². The molecule has 1 aromatic carbocycles. The lowest BCUT2D eigenvalue weighted by molar-refractivity contribution is 0.397. The molecule has 2 aromatic heterocycles. The van der Waals surface area contributed by atoms with Crippen molar-refractivity contribution < 1.29 is 5.11 Å². The van der Waals surface area contributed by atoms with Crippen LogP contribution in [0.3, 0.4) is 0 Å². The van der Waals surface area contributed by atoms with E-state index in [2.05, 4.69) is 33.9 Å². The van der Waals surface area contributed by atoms with Gasteiger partial charge in [-0.3, -0.25) is 4.57 Å². The fraction of sp³-hybridized carbons (Fsp3) is 0.400. The van der Waals surface area contributed by atoms with Gasteiger partial charge >= 0.3 is 0 Å². The van der Waals surface area contributed by atoms with E-state index in [9.17, 15) is 5.11 Å². The normalized spacial score (nSPS) is 11.6. The summed E-state index contributed by atoms with van der Waals surface area (Å²) in [5.41, 5.74) is 4.42. The van der Waals surface area contributed by atoms with Gasteiger partial charge in [-0.05, 0) is 37.7 Å². The smallest absolute Gasteiger partial charge is 0.296 e. The Balaban J connectivity index is 2.14. The molecule has 0 aliphatic heterocycles. The summed E-state index contributed by atoms with van der Waals surface area (Å²) in [5.74, 6) is 0. The fourth-order valence-corrected chi connectivity index (χ4v) is 3.51. The number of aromatic nitrogens is 3. The summed E-state index contributed by atoms with van der Waals surface area (Å²) in [6.07, 6.45) is 4.80. The van der Waals surface area contributed by atoms with E-state index in [1.165, 1.54) is 5.56 Å². The van der Waals surface area contributed by atoms with E-state index >= 15 is 0 Å². The second kappa shape index (κ2) is 8.06. The van der Waals surface area contributed by atoms with E-state index in [0.717, 1.165) is 42.5 Å². The number of rotatable bonds is 7. The number of halogens is 1. The van der Waals surface area contributed by atoms with E-state index in [1.54, 1.807) is 6.20 Å². The standard InChI is InChI=1S/C20H25ClN4O/c1-4-5-6-10-25-18-17(16(21)12-22-19(18)23-20(25)26)15-9-7-8-14(11-15)13-24(2)3/h7-9,11-12H,4-6,10,13H2,1-3H3,(H,22,23,26). The first-order chi connectivity index (χ1) is 12.5. The molecule has 138 valence electrons. The number of hydrogen-bond acceptors (Lipinski definition) is 4. The topological polar surface area (TPSA) is 54.2 Å². The van der Waals surface area contributed by atoms with Gasteiger partial charge in [-0.15, -0.1) is 0 Å². The van der Waals surface area contributed by atoms with E-state index in [-0.39, 0.29) is 6.01 Å². The molecule has 0 bridgehead atoms. The van der Waals surface area contributed by atoms with Crippen LogP contribution in [0.1, 0.15) is 31.7 Å². The molecule has 0 fully saturated rings. The quantitative estimate of drug-likeness (QED) is 0.610. The van der Waals surface area contributed by atoms with Gasteiger partial charge < -0.3 is 10.0 Å². The lowest BCUT2D eigenvalue weighted by Gasteiger charge is -2.13. The Morgan fingerprint density at radius 3 is 2.77 bits per heavy atom. The van der Waals surface area contributed by atoms with Gasteiger partial charge in [0.15, 0.2) is 5.65 Å². The number of aryl methyl sites for hydroxylation is 1. The number of pyridine rings is 1. The van der Waals surface area contributed by atoms with Crippen LogP contribution in [0.5, 0.6) is 6.01 Å². The Kier molecular flexibility index (Phi) is 5.79. The summed E-state index contributed by atoms with van der Waals surface area (Å²) in [7, 11) is 4.09. The largest absolute Gasteiger partial charge is 0.480 e. The minimum absolute atomic E-state index is 0.00318. The van der Waals surface area contributed by atoms with Gasteiger partial charge in [0.25, 0.3) is 6.01 Å². The maximum Gasteiger partial charge on any atom is 0.296 e. The van der Waals surface area contributed by atoms with E-state index in [0.29, 0.717) is 17.2 Å². The molecular formula is C20H25ClN4O. The van der Waals surface area contributed by atoms with Gasteiger partial charge in [-0.2, -0.15) is 4.98 Å². The van der Waals surface area contributed by atoms with Gasteiger partial charge in [0.05, 0.1) is 10.5 Å². The third kappa shape index (κ3) is 3.84. The Labute approximate surface area is 159 Å². The van der Waals surface area contributed by atoms with Crippen molar-refractivity contribution in [3.8, 4) is 17.1 Å². The molecule has 0 aliphatic rings. The van der Waals surface area contributed by atoms with Crippen molar-refractivity contribution in [1.29, 1.82) is 0 Å². The third-order valence-corrected chi connectivity index (χ3v) is 4.69. The van der Waals surface area contributed by atoms with E-state index < -0.39 is 0 Å². The minimum atomic E-state index is -0.00318. The summed E-state index contributed by atoms with van der Waals surface area (Å²) in [6.45, 7) is 3.70. The zero-order chi connectivity index (χ0) is 18.7. The molecular weight excluding hydrogens is 348 g/mol. The Morgan fingerprint density at radius 2 is 2.04 bits per heavy atom. The van der Waals surface area contributed by atoms with Gasteiger partial charge in [0.1, 0.15) is 0 Å². The molecule has 0 saturated heterocycles. The SMILES string of the molecule is CCCCCn1c(O)nc2ncc(Cl)c(-c3cccc(CN(C)C)c3)c21. The molecule has 6 heteroatoms. The molecule has 1 N–H and O–H groups in total. The number of hydrogen-bond donors (Lipinski definition) is 1. The first-order valence-corrected chi connectivity index (χ1v) is 9.36. The lowest BCUT2D eigenvalue weighted by atomic mass is 10.0. The molecule has 5 nitrogen and oxygen atoms in total. The van der Waals surface area contributed by atoms with Crippen LogP contribution < -0.4 is 0 Å². The Hall–Kier alpha value is -2.11. The number of fused-ring (bicyclic) bond motifs is 1. The van der Waals surface area contributed by atoms with Gasteiger partial charge in [0, 0.05) is 24.8 Å². The number of nitrogens with zero attached hydrogens (tertiary/aromatic N) is 4. The molecule has 0 radical (unpaired) electrons. The third-order valence-electron chi connectivity index (χ3n) is 4.40. The predicted molar refractivity (Wildman–Crippen MR) is 107 cm³/mol. The lowest BCUT2D eigenvalue weighted by Crippen LogP contribution is -2.10. The van der Waals surface area contributed by atoms with Crippen molar-refractivity contribution >= 4 is 22.8 Å². The molecule has 3 rings (SSSR count). The second-order valence-electron chi connectivity index (χ2n) is 6.86. The highest BCUT2D eigenvalue weighted by Gasteiger charge is 2.18. The average molecular weight is 373 g/mol. The van der Waals surface area contributed by atoms with Crippen LogP contribution in [0.4, 0.5) is 0 Å². The maximum absolute atomic E-state index is 10.3. The van der Waals surface area contributed by atoms with Gasteiger partial charge in [-0.25, -0.2) is 4.98 Å². The first kappa shape index (κ1) is 18.7. The monoisotopic (exact) mass is 372 g/mol. The number of unbranched alkanes of at least 4 members (excludes halogenated alkanes) is 2. The highest BCUT2D eigenvalue weighted by molar-refractivity contribution is 6.34. The van der Waals surface area contributed by atoms with Gasteiger partial charge in [-0.1, -0.05) is 49.6 Å². The maximum atomic E-state index is 10.3. The summed E-state index contributed by atoms with van der Waals surface area (Å²) < 4.78 is 1.83. The van der Waals surface area contributed by atoms with Gasteiger partial charge in [0.2, 0.25) is 0 Å². The number of aromatic hydroxyl groups is 1. The molecule has 0 spiro atoms. The molecule has 0 unspecified atom stereocenters. The van der Waals surface area contributed by atoms with Crippen molar-refractivity contribution in [3.63, 3.8) is 0 Å². The highest BCUT2D eigenvalue weighted by Crippen LogP contribution is 2.36. The van der Waals surface area contributed by atoms with E-state index in [1.807, 2.05) is 30.8 Å². The van der Waals surface area contributed by atoms with Crippen LogP contribution in [0.15, 0.2) is 30.5 Å². The Bertz CT molecular complexity index is 904. The van der Waals surface area contributed by atoms with E-state index in [4.69, 9.17) is 11.6 Å². The fourth-order valence-electron chi connectivity index (χ4n) is 3.26. The zero-order valence-electron chi connectivity index (χ0n) is 15.5. The molecule has 3 aromatic rings. The molecule has 26 heavy (non-hydrogen) atoms. The summed E-state index contributed by atoms with van der Waals surface area (Å²) in [6, 6.07) is 8.32. The summed E-state index contributed by atoms with van der Waals surface area (Å²) in [5, 5.41) is 10.9. The van der Waals surface area contributed by atoms with Crippen LogP contribution >= 0.6 is 11.6 Å². The van der Waals surface area contributed by atoms with Crippen molar-refractivity contribution in [1.82, 2.24) is 19.4 Å². The second-order valence-corrected chi connectivity index (χ2v) is 7.27.